The van der Waals surface area contributed by atoms with Gasteiger partial charge in [-0.05, 0) is 0 Å². The van der Waals surface area contributed by atoms with Gasteiger partial charge >= 0.3 is 145 Å². The quantitative estimate of drug-likeness (QED) is 0.659. The van der Waals surface area contributed by atoms with Crippen molar-refractivity contribution in [2.75, 3.05) is 13.4 Å². The number of rotatable bonds is 7. The molecule has 1 nitrogen and oxygen atoms in total. The number of ether oxygens (including phenoxy) is 1. The third-order valence-corrected chi connectivity index (χ3v) is 7.90. The van der Waals surface area contributed by atoms with Crippen molar-refractivity contribution in [3.05, 3.63) is 65.7 Å². The van der Waals surface area contributed by atoms with Crippen LogP contribution in [0, 0.1) is 0 Å². The number of benzene rings is 2. The van der Waals surface area contributed by atoms with Crippen LogP contribution < -0.4 is 4.46 Å². The maximum absolute atomic E-state index is 5.88. The van der Waals surface area contributed by atoms with Crippen LogP contribution in [0.2, 0.25) is 5.32 Å². The van der Waals surface area contributed by atoms with Crippen LogP contribution in [0.15, 0.2) is 54.6 Å². The van der Waals surface area contributed by atoms with Crippen LogP contribution >= 0.6 is 11.8 Å². The van der Waals surface area contributed by atoms with Gasteiger partial charge in [0.25, 0.3) is 0 Å². The summed E-state index contributed by atoms with van der Waals surface area (Å²) in [6.45, 7) is 4.48. The summed E-state index contributed by atoms with van der Waals surface area (Å²) in [4.78, 5) is 0. The number of hydrogen-bond donors (Lipinski definition) is 0. The average molecular weight is 379 g/mol. The van der Waals surface area contributed by atoms with Gasteiger partial charge in [0.2, 0.25) is 0 Å². The third kappa shape index (κ3) is 4.17. The van der Waals surface area contributed by atoms with Crippen molar-refractivity contribution in [2.24, 2.45) is 0 Å². The average Bonchev–Trinajstić information content (AvgIpc) is 2.60. The van der Waals surface area contributed by atoms with Gasteiger partial charge in [0.05, 0.1) is 0 Å². The van der Waals surface area contributed by atoms with E-state index in [9.17, 15) is 0 Å². The summed E-state index contributed by atoms with van der Waals surface area (Å²) in [5, 5.41) is 1.59. The van der Waals surface area contributed by atoms with Crippen molar-refractivity contribution in [2.45, 2.75) is 30.0 Å². The summed E-state index contributed by atoms with van der Waals surface area (Å²) >= 11 is 2.30. The molecule has 0 N–H and O–H groups in total. The van der Waals surface area contributed by atoms with Crippen molar-refractivity contribution in [1.82, 2.24) is 0 Å². The van der Waals surface area contributed by atoms with Crippen LogP contribution in [0.3, 0.4) is 0 Å². The molecule has 0 amide bonds. The molecule has 2 aromatic rings. The van der Waals surface area contributed by atoms with Gasteiger partial charge in [0.1, 0.15) is 0 Å². The summed E-state index contributed by atoms with van der Waals surface area (Å²) in [5.74, 6) is 0. The molecule has 118 valence electrons. The van der Waals surface area contributed by atoms with Crippen LogP contribution in [0.1, 0.15) is 30.2 Å². The summed E-state index contributed by atoms with van der Waals surface area (Å²) in [5.41, 5.74) is 2.52. The van der Waals surface area contributed by atoms with Gasteiger partial charge in [-0.2, -0.15) is 0 Å². The van der Waals surface area contributed by atoms with Crippen LogP contribution in [0.4, 0.5) is 0 Å². The van der Waals surface area contributed by atoms with Gasteiger partial charge < -0.3 is 0 Å². The molecule has 0 heterocycles. The second-order valence-corrected chi connectivity index (χ2v) is 8.82. The normalized spacial score (nSPS) is 15.3. The molecular weight excluding hydrogens is 355 g/mol. The Morgan fingerprint density at radius 1 is 1.09 bits per heavy atom. The van der Waals surface area contributed by atoms with Crippen molar-refractivity contribution in [3.63, 3.8) is 0 Å². The second-order valence-electron chi connectivity index (χ2n) is 5.51. The monoisotopic (exact) mass is 380 g/mol. The van der Waals surface area contributed by atoms with Gasteiger partial charge in [0.15, 0.2) is 0 Å². The summed E-state index contributed by atoms with van der Waals surface area (Å²) < 4.78 is 7.38. The van der Waals surface area contributed by atoms with E-state index >= 15 is 0 Å². The summed E-state index contributed by atoms with van der Waals surface area (Å²) in [6.07, 6.45) is 2.18. The van der Waals surface area contributed by atoms with E-state index in [0.29, 0.717) is 20.2 Å². The molecule has 22 heavy (non-hydrogen) atoms. The van der Waals surface area contributed by atoms with E-state index in [1.165, 1.54) is 15.6 Å². The van der Waals surface area contributed by atoms with Crippen molar-refractivity contribution in [3.8, 4) is 0 Å². The SMILES string of the molecule is COC(C)(C[Se]c1ccccc1[C@H](C)SC)c1ccccc1. The number of thioether (sulfide) groups is 1. The number of hydrogen-bond acceptors (Lipinski definition) is 2. The van der Waals surface area contributed by atoms with E-state index in [1.807, 2.05) is 18.9 Å². The van der Waals surface area contributed by atoms with E-state index in [4.69, 9.17) is 4.74 Å². The van der Waals surface area contributed by atoms with Crippen LogP contribution in [-0.2, 0) is 10.3 Å². The van der Waals surface area contributed by atoms with Crippen molar-refractivity contribution in [1.29, 1.82) is 0 Å². The molecule has 0 spiro atoms. The van der Waals surface area contributed by atoms with E-state index < -0.39 is 0 Å². The molecule has 3 heteroatoms. The molecule has 0 fully saturated rings. The first-order valence-corrected chi connectivity index (χ1v) is 10.8. The van der Waals surface area contributed by atoms with E-state index in [2.05, 4.69) is 74.7 Å². The maximum atomic E-state index is 5.88. The molecule has 2 rings (SSSR count). The Kier molecular flexibility index (Phi) is 6.58. The van der Waals surface area contributed by atoms with Gasteiger partial charge in [-0.25, -0.2) is 0 Å². The molecule has 1 unspecified atom stereocenters. The fourth-order valence-corrected chi connectivity index (χ4v) is 5.70. The minimum absolute atomic E-state index is 0.211. The Hall–Kier alpha value is -0.731. The second kappa shape index (κ2) is 8.21. The third-order valence-electron chi connectivity index (χ3n) is 4.05. The van der Waals surface area contributed by atoms with Gasteiger partial charge in [-0.3, -0.25) is 0 Å². The van der Waals surface area contributed by atoms with Gasteiger partial charge in [-0.15, -0.1) is 0 Å². The molecule has 0 aliphatic heterocycles. The van der Waals surface area contributed by atoms with Crippen molar-refractivity contribution >= 4 is 31.2 Å². The molecule has 0 saturated heterocycles. The van der Waals surface area contributed by atoms with Gasteiger partial charge in [0, 0.05) is 0 Å². The molecule has 2 aromatic carbocycles. The summed E-state index contributed by atoms with van der Waals surface area (Å²) in [7, 11) is 1.82. The zero-order chi connectivity index (χ0) is 16.0. The van der Waals surface area contributed by atoms with Crippen LogP contribution in [0.25, 0.3) is 0 Å². The minimum atomic E-state index is -0.211. The fourth-order valence-electron chi connectivity index (χ4n) is 2.34. The van der Waals surface area contributed by atoms with Crippen LogP contribution in [-0.4, -0.2) is 28.3 Å². The Balaban J connectivity index is 2.18. The van der Waals surface area contributed by atoms with Crippen LogP contribution in [0.5, 0.6) is 0 Å². The Bertz CT molecular complexity index is 587. The molecule has 0 saturated carbocycles. The molecule has 0 aliphatic carbocycles. The topological polar surface area (TPSA) is 9.23 Å². The van der Waals surface area contributed by atoms with Crippen molar-refractivity contribution < 1.29 is 4.74 Å². The standard InChI is InChI=1S/C19H24OSSe/c1-15(21-4)17-12-8-9-13-18(17)22-14-19(2,20-3)16-10-6-5-7-11-16/h5-13,15H,14H2,1-4H3/t15-,19?/m0/s1. The molecule has 0 aliphatic rings. The predicted molar refractivity (Wildman–Crippen MR) is 99.4 cm³/mol. The Morgan fingerprint density at radius 3 is 2.36 bits per heavy atom. The zero-order valence-electron chi connectivity index (χ0n) is 13.7. The van der Waals surface area contributed by atoms with E-state index in [0.717, 1.165) is 5.32 Å². The molecule has 0 aromatic heterocycles. The fraction of sp³-hybridized carbons (Fsp3) is 0.368. The Labute approximate surface area is 145 Å². The zero-order valence-corrected chi connectivity index (χ0v) is 16.2. The summed E-state index contributed by atoms with van der Waals surface area (Å²) in [6, 6.07) is 19.4. The van der Waals surface area contributed by atoms with Gasteiger partial charge in [-0.1, -0.05) is 0 Å². The van der Waals surface area contributed by atoms with E-state index in [-0.39, 0.29) is 5.60 Å². The first-order valence-electron chi connectivity index (χ1n) is 7.46. The van der Waals surface area contributed by atoms with E-state index in [1.54, 1.807) is 0 Å². The Morgan fingerprint density at radius 2 is 1.73 bits per heavy atom. The predicted octanol–water partition coefficient (Wildman–Crippen LogP) is 4.42. The first kappa shape index (κ1) is 17.6. The molecule has 0 radical (unpaired) electrons. The first-order chi connectivity index (χ1) is 10.6. The molecular formula is C19H24OSSe. The molecule has 0 bridgehead atoms. The molecule has 2 atom stereocenters. The number of methoxy groups -OCH3 is 1.